The van der Waals surface area contributed by atoms with E-state index in [1.165, 1.54) is 24.5 Å². The quantitative estimate of drug-likeness (QED) is 0.795. The van der Waals surface area contributed by atoms with Gasteiger partial charge in [0.25, 0.3) is 0 Å². The van der Waals surface area contributed by atoms with Gasteiger partial charge in [-0.1, -0.05) is 6.07 Å². The fourth-order valence-corrected chi connectivity index (χ4v) is 2.61. The molecule has 0 saturated carbocycles. The second-order valence-electron chi connectivity index (χ2n) is 3.94. The lowest BCUT2D eigenvalue weighted by Gasteiger charge is -2.06. The van der Waals surface area contributed by atoms with E-state index in [9.17, 15) is 9.18 Å². The Hall–Kier alpha value is -1.95. The summed E-state index contributed by atoms with van der Waals surface area (Å²) in [6.45, 7) is 2.07. The maximum atomic E-state index is 13.9. The van der Waals surface area contributed by atoms with Gasteiger partial charge in [0.2, 0.25) is 0 Å². The molecule has 0 aliphatic heterocycles. The van der Waals surface area contributed by atoms with Crippen molar-refractivity contribution in [2.24, 2.45) is 0 Å². The molecule has 6 heteroatoms. The number of esters is 1. The molecule has 0 saturated heterocycles. The van der Waals surface area contributed by atoms with Crippen LogP contribution < -0.4 is 4.74 Å². The Labute approximate surface area is 120 Å². The number of carbonyl (C=O) groups excluding carboxylic acids is 1. The predicted molar refractivity (Wildman–Crippen MR) is 74.4 cm³/mol. The molecule has 1 aromatic carbocycles. The normalized spacial score (nSPS) is 10.3. The molecule has 1 aromatic heterocycles. The summed E-state index contributed by atoms with van der Waals surface area (Å²) in [6, 6.07) is 4.60. The maximum absolute atomic E-state index is 13.9. The Morgan fingerprint density at radius 2 is 2.25 bits per heavy atom. The minimum absolute atomic E-state index is 0.0844. The molecule has 0 atom stereocenters. The lowest BCUT2D eigenvalue weighted by molar-refractivity contribution is -0.142. The van der Waals surface area contributed by atoms with Crippen molar-refractivity contribution < 1.29 is 18.7 Å². The number of hydrogen-bond acceptors (Lipinski definition) is 5. The summed E-state index contributed by atoms with van der Waals surface area (Å²) < 4.78 is 23.9. The van der Waals surface area contributed by atoms with Gasteiger partial charge in [-0.2, -0.15) is 0 Å². The summed E-state index contributed by atoms with van der Waals surface area (Å²) >= 11 is 1.27. The molecule has 0 fully saturated rings. The highest BCUT2D eigenvalue weighted by Crippen LogP contribution is 2.34. The number of ether oxygens (including phenoxy) is 2. The number of methoxy groups -OCH3 is 1. The predicted octanol–water partition coefficient (Wildman–Crippen LogP) is 3.06. The van der Waals surface area contributed by atoms with Gasteiger partial charge in [-0.3, -0.25) is 4.79 Å². The summed E-state index contributed by atoms with van der Waals surface area (Å²) in [6.07, 6.45) is 0.0844. The Morgan fingerprint density at radius 1 is 1.45 bits per heavy atom. The van der Waals surface area contributed by atoms with Gasteiger partial charge in [0.05, 0.1) is 31.4 Å². The SMILES string of the molecule is CCOC(=O)Cc1csc(-c2c(F)cccc2OC)n1. The minimum Gasteiger partial charge on any atom is -0.496 e. The largest absolute Gasteiger partial charge is 0.496 e. The molecular weight excluding hydrogens is 281 g/mol. The van der Waals surface area contributed by atoms with Crippen LogP contribution in [0.3, 0.4) is 0 Å². The number of thiazole rings is 1. The third-order valence-electron chi connectivity index (χ3n) is 2.59. The zero-order valence-electron chi connectivity index (χ0n) is 11.2. The minimum atomic E-state index is -0.401. The lowest BCUT2D eigenvalue weighted by atomic mass is 10.2. The van der Waals surface area contributed by atoms with Crippen LogP contribution in [-0.4, -0.2) is 24.7 Å². The molecule has 106 valence electrons. The van der Waals surface area contributed by atoms with Crippen LogP contribution in [-0.2, 0) is 16.0 Å². The number of benzene rings is 1. The van der Waals surface area contributed by atoms with E-state index in [-0.39, 0.29) is 12.4 Å². The fraction of sp³-hybridized carbons (Fsp3) is 0.286. The zero-order chi connectivity index (χ0) is 14.5. The van der Waals surface area contributed by atoms with Gasteiger partial charge in [0, 0.05) is 5.38 Å². The number of nitrogens with zero attached hydrogens (tertiary/aromatic N) is 1. The highest BCUT2D eigenvalue weighted by Gasteiger charge is 2.16. The smallest absolute Gasteiger partial charge is 0.311 e. The standard InChI is InChI=1S/C14H14FNO3S/c1-3-19-12(17)7-9-8-20-14(16-9)13-10(15)5-4-6-11(13)18-2/h4-6,8H,3,7H2,1-2H3. The number of rotatable bonds is 5. The van der Waals surface area contributed by atoms with E-state index in [1.54, 1.807) is 24.4 Å². The monoisotopic (exact) mass is 295 g/mol. The van der Waals surface area contributed by atoms with E-state index in [4.69, 9.17) is 9.47 Å². The summed E-state index contributed by atoms with van der Waals surface area (Å²) in [7, 11) is 1.48. The molecule has 20 heavy (non-hydrogen) atoms. The third kappa shape index (κ3) is 3.14. The highest BCUT2D eigenvalue weighted by molar-refractivity contribution is 7.13. The van der Waals surface area contributed by atoms with Crippen molar-refractivity contribution in [2.75, 3.05) is 13.7 Å². The second-order valence-corrected chi connectivity index (χ2v) is 4.80. The van der Waals surface area contributed by atoms with Crippen molar-refractivity contribution >= 4 is 17.3 Å². The molecule has 2 rings (SSSR count). The molecule has 0 aliphatic rings. The third-order valence-corrected chi connectivity index (χ3v) is 3.50. The lowest BCUT2D eigenvalue weighted by Crippen LogP contribution is -2.07. The van der Waals surface area contributed by atoms with Crippen LogP contribution >= 0.6 is 11.3 Å². The molecule has 0 aliphatic carbocycles. The van der Waals surface area contributed by atoms with Crippen LogP contribution in [0.5, 0.6) is 5.75 Å². The van der Waals surface area contributed by atoms with Gasteiger partial charge >= 0.3 is 5.97 Å². The van der Waals surface area contributed by atoms with Crippen LogP contribution in [0.15, 0.2) is 23.6 Å². The van der Waals surface area contributed by atoms with Crippen LogP contribution in [0.1, 0.15) is 12.6 Å². The topological polar surface area (TPSA) is 48.4 Å². The van der Waals surface area contributed by atoms with Gasteiger partial charge in [-0.25, -0.2) is 9.37 Å². The van der Waals surface area contributed by atoms with Crippen LogP contribution in [0, 0.1) is 5.82 Å². The molecule has 1 heterocycles. The fourth-order valence-electron chi connectivity index (χ4n) is 1.74. The number of halogens is 1. The van der Waals surface area contributed by atoms with E-state index in [1.807, 2.05) is 0 Å². The van der Waals surface area contributed by atoms with Crippen molar-refractivity contribution in [1.82, 2.24) is 4.98 Å². The van der Waals surface area contributed by atoms with E-state index < -0.39 is 5.82 Å². The van der Waals surface area contributed by atoms with Gasteiger partial charge < -0.3 is 9.47 Å². The average molecular weight is 295 g/mol. The summed E-state index contributed by atoms with van der Waals surface area (Å²) in [4.78, 5) is 15.7. The molecule has 0 unspecified atom stereocenters. The van der Waals surface area contributed by atoms with E-state index in [2.05, 4.69) is 4.98 Å². The first-order valence-corrected chi connectivity index (χ1v) is 6.96. The highest BCUT2D eigenvalue weighted by atomic mass is 32.1. The average Bonchev–Trinajstić information content (AvgIpc) is 2.86. The Kier molecular flexibility index (Phi) is 4.68. The number of hydrogen-bond donors (Lipinski definition) is 0. The number of aromatic nitrogens is 1. The Balaban J connectivity index is 2.27. The Morgan fingerprint density at radius 3 is 2.95 bits per heavy atom. The van der Waals surface area contributed by atoms with Crippen molar-refractivity contribution in [3.8, 4) is 16.3 Å². The second kappa shape index (κ2) is 6.47. The molecule has 0 N–H and O–H groups in total. The van der Waals surface area contributed by atoms with Gasteiger partial charge in [-0.15, -0.1) is 11.3 Å². The first kappa shape index (κ1) is 14.5. The van der Waals surface area contributed by atoms with Crippen LogP contribution in [0.4, 0.5) is 4.39 Å². The summed E-state index contributed by atoms with van der Waals surface area (Å²) in [5.74, 6) is -0.326. The van der Waals surface area contributed by atoms with Gasteiger partial charge in [-0.05, 0) is 19.1 Å². The first-order valence-electron chi connectivity index (χ1n) is 6.08. The van der Waals surface area contributed by atoms with Gasteiger partial charge in [0.1, 0.15) is 16.6 Å². The van der Waals surface area contributed by atoms with Crippen molar-refractivity contribution in [3.05, 3.63) is 35.1 Å². The van der Waals surface area contributed by atoms with Crippen molar-refractivity contribution in [1.29, 1.82) is 0 Å². The molecule has 0 amide bonds. The molecular formula is C14H14FNO3S. The zero-order valence-corrected chi connectivity index (χ0v) is 12.0. The Bertz CT molecular complexity index is 612. The molecule has 0 bridgehead atoms. The summed E-state index contributed by atoms with van der Waals surface area (Å²) in [5, 5.41) is 2.21. The maximum Gasteiger partial charge on any atom is 0.311 e. The van der Waals surface area contributed by atoms with Crippen molar-refractivity contribution in [2.45, 2.75) is 13.3 Å². The van der Waals surface area contributed by atoms with E-state index in [0.29, 0.717) is 28.6 Å². The van der Waals surface area contributed by atoms with Crippen molar-refractivity contribution in [3.63, 3.8) is 0 Å². The van der Waals surface area contributed by atoms with E-state index >= 15 is 0 Å². The first-order chi connectivity index (χ1) is 9.65. The van der Waals surface area contributed by atoms with Gasteiger partial charge in [0.15, 0.2) is 0 Å². The number of carbonyl (C=O) groups is 1. The molecule has 0 spiro atoms. The molecule has 0 radical (unpaired) electrons. The van der Waals surface area contributed by atoms with Crippen LogP contribution in [0.25, 0.3) is 10.6 Å². The van der Waals surface area contributed by atoms with Crippen LogP contribution in [0.2, 0.25) is 0 Å². The molecule has 4 nitrogen and oxygen atoms in total. The van der Waals surface area contributed by atoms with E-state index in [0.717, 1.165) is 0 Å². The summed E-state index contributed by atoms with van der Waals surface area (Å²) in [5.41, 5.74) is 0.879. The molecule has 2 aromatic rings.